The van der Waals surface area contributed by atoms with Crippen LogP contribution in [0.3, 0.4) is 0 Å². The predicted octanol–water partition coefficient (Wildman–Crippen LogP) is 5.65. The van der Waals surface area contributed by atoms with Crippen LogP contribution in [0.5, 0.6) is 5.75 Å². The van der Waals surface area contributed by atoms with Crippen molar-refractivity contribution >= 4 is 22.7 Å². The fraction of sp³-hybridized carbons (Fsp3) is 0.350. The Bertz CT molecular complexity index is 753. The lowest BCUT2D eigenvalue weighted by Crippen LogP contribution is -2.10. The summed E-state index contributed by atoms with van der Waals surface area (Å²) < 4.78 is 6.09. The zero-order chi connectivity index (χ0) is 17.1. The summed E-state index contributed by atoms with van der Waals surface area (Å²) in [5.41, 5.74) is 5.63. The Morgan fingerprint density at radius 2 is 2.04 bits per heavy atom. The number of anilines is 1. The van der Waals surface area contributed by atoms with Crippen molar-refractivity contribution in [3.8, 4) is 5.75 Å². The van der Waals surface area contributed by atoms with Gasteiger partial charge >= 0.3 is 0 Å². The maximum atomic E-state index is 11.8. The fourth-order valence-corrected chi connectivity index (χ4v) is 3.14. The molecule has 1 aliphatic carbocycles. The average Bonchev–Trinajstić information content (AvgIpc) is 3.39. The normalized spacial score (nSPS) is 13.6. The van der Waals surface area contributed by atoms with Gasteiger partial charge in [-0.1, -0.05) is 41.6 Å². The molecule has 0 aliphatic heterocycles. The number of hydrogen-bond donors (Lipinski definition) is 1. The van der Waals surface area contributed by atoms with E-state index in [2.05, 4.69) is 37.4 Å². The third kappa shape index (κ3) is 3.93. The Kier molecular flexibility index (Phi) is 5.14. The van der Waals surface area contributed by atoms with Gasteiger partial charge in [-0.3, -0.25) is 4.79 Å². The average molecular weight is 341 g/mol. The van der Waals surface area contributed by atoms with Gasteiger partial charge < -0.3 is 10.1 Å². The molecule has 1 saturated carbocycles. The number of aryl methyl sites for hydroxylation is 2. The zero-order valence-corrected chi connectivity index (χ0v) is 15.2. The summed E-state index contributed by atoms with van der Waals surface area (Å²) >= 11 is 1.19. The topological polar surface area (TPSA) is 38.3 Å². The van der Waals surface area contributed by atoms with Gasteiger partial charge in [0.25, 0.3) is 5.24 Å². The number of amides is 1. The first-order chi connectivity index (χ1) is 11.6. The van der Waals surface area contributed by atoms with Crippen LogP contribution in [0, 0.1) is 13.8 Å². The van der Waals surface area contributed by atoms with E-state index in [1.807, 2.05) is 18.2 Å². The molecule has 0 spiro atoms. The molecule has 0 bridgehead atoms. The Balaban J connectivity index is 1.85. The number of carbonyl (C=O) groups is 1. The SMILES string of the molecule is CSC(=O)Nc1cccc(C2CC2)c1COc1ccc(C)cc1C. The lowest BCUT2D eigenvalue weighted by atomic mass is 10.0. The molecule has 0 aromatic heterocycles. The van der Waals surface area contributed by atoms with Crippen LogP contribution in [0.25, 0.3) is 0 Å². The van der Waals surface area contributed by atoms with E-state index < -0.39 is 0 Å². The smallest absolute Gasteiger partial charge is 0.283 e. The highest BCUT2D eigenvalue weighted by Crippen LogP contribution is 2.43. The third-order valence-corrected chi connectivity index (χ3v) is 4.83. The summed E-state index contributed by atoms with van der Waals surface area (Å²) in [6.45, 7) is 4.61. The molecule has 2 aromatic carbocycles. The highest BCUT2D eigenvalue weighted by molar-refractivity contribution is 8.13. The second-order valence-corrected chi connectivity index (χ2v) is 7.10. The second kappa shape index (κ2) is 7.31. The molecule has 126 valence electrons. The van der Waals surface area contributed by atoms with Gasteiger partial charge in [0.2, 0.25) is 0 Å². The van der Waals surface area contributed by atoms with Gasteiger partial charge in [-0.15, -0.1) is 0 Å². The number of hydrogen-bond acceptors (Lipinski definition) is 3. The molecular formula is C20H23NO2S. The molecule has 3 rings (SSSR count). The van der Waals surface area contributed by atoms with Crippen molar-refractivity contribution in [1.29, 1.82) is 0 Å². The van der Waals surface area contributed by atoms with Crippen LogP contribution in [0.15, 0.2) is 36.4 Å². The van der Waals surface area contributed by atoms with E-state index in [0.717, 1.165) is 22.6 Å². The maximum absolute atomic E-state index is 11.8. The predicted molar refractivity (Wildman–Crippen MR) is 101 cm³/mol. The third-order valence-electron chi connectivity index (χ3n) is 4.35. The number of benzene rings is 2. The first-order valence-corrected chi connectivity index (χ1v) is 9.47. The molecular weight excluding hydrogens is 318 g/mol. The Hall–Kier alpha value is -1.94. The van der Waals surface area contributed by atoms with E-state index in [4.69, 9.17) is 4.74 Å². The van der Waals surface area contributed by atoms with Crippen molar-refractivity contribution in [1.82, 2.24) is 0 Å². The zero-order valence-electron chi connectivity index (χ0n) is 14.4. The molecule has 1 amide bonds. The van der Waals surface area contributed by atoms with Crippen molar-refractivity contribution < 1.29 is 9.53 Å². The molecule has 2 aromatic rings. The van der Waals surface area contributed by atoms with Gasteiger partial charge in [0.15, 0.2) is 0 Å². The number of thioether (sulfide) groups is 1. The highest BCUT2D eigenvalue weighted by Gasteiger charge is 2.27. The van der Waals surface area contributed by atoms with Crippen molar-refractivity contribution in [2.75, 3.05) is 11.6 Å². The van der Waals surface area contributed by atoms with Gasteiger partial charge in [-0.05, 0) is 62.1 Å². The quantitative estimate of drug-likeness (QED) is 0.763. The van der Waals surface area contributed by atoms with Crippen LogP contribution in [0.1, 0.15) is 41.0 Å². The highest BCUT2D eigenvalue weighted by atomic mass is 32.2. The minimum atomic E-state index is -0.0456. The first kappa shape index (κ1) is 16.9. The van der Waals surface area contributed by atoms with Crippen LogP contribution in [0.4, 0.5) is 10.5 Å². The van der Waals surface area contributed by atoms with Crippen molar-refractivity contribution in [2.24, 2.45) is 0 Å². The Morgan fingerprint density at radius 3 is 2.71 bits per heavy atom. The Morgan fingerprint density at radius 1 is 1.25 bits per heavy atom. The molecule has 0 saturated heterocycles. The molecule has 0 heterocycles. The van der Waals surface area contributed by atoms with Crippen molar-refractivity contribution in [2.45, 2.75) is 39.2 Å². The van der Waals surface area contributed by atoms with Crippen LogP contribution < -0.4 is 10.1 Å². The summed E-state index contributed by atoms with van der Waals surface area (Å²) in [5.74, 6) is 1.50. The van der Waals surface area contributed by atoms with E-state index in [1.165, 1.54) is 35.7 Å². The van der Waals surface area contributed by atoms with Crippen LogP contribution in [-0.2, 0) is 6.61 Å². The summed E-state index contributed by atoms with van der Waals surface area (Å²) in [7, 11) is 0. The van der Waals surface area contributed by atoms with Gasteiger partial charge in [0.1, 0.15) is 12.4 Å². The molecule has 0 atom stereocenters. The van der Waals surface area contributed by atoms with E-state index in [9.17, 15) is 4.79 Å². The molecule has 3 nitrogen and oxygen atoms in total. The van der Waals surface area contributed by atoms with Gasteiger partial charge in [0.05, 0.1) is 0 Å². The van der Waals surface area contributed by atoms with Gasteiger partial charge in [-0.25, -0.2) is 0 Å². The molecule has 0 radical (unpaired) electrons. The summed E-state index contributed by atoms with van der Waals surface area (Å²) in [6.07, 6.45) is 4.22. The van der Waals surface area contributed by atoms with Crippen molar-refractivity contribution in [3.05, 3.63) is 58.7 Å². The maximum Gasteiger partial charge on any atom is 0.283 e. The van der Waals surface area contributed by atoms with Gasteiger partial charge in [-0.2, -0.15) is 0 Å². The molecule has 4 heteroatoms. The monoisotopic (exact) mass is 341 g/mol. The summed E-state index contributed by atoms with van der Waals surface area (Å²) in [6, 6.07) is 12.3. The molecule has 1 N–H and O–H groups in total. The van der Waals surface area contributed by atoms with Crippen LogP contribution in [-0.4, -0.2) is 11.5 Å². The molecule has 0 unspecified atom stereocenters. The van der Waals surface area contributed by atoms with Crippen LogP contribution >= 0.6 is 11.8 Å². The standard InChI is InChI=1S/C20H23NO2S/c1-13-7-10-19(14(2)11-13)23-12-17-16(15-8-9-15)5-4-6-18(17)21-20(22)24-3/h4-7,10-11,15H,8-9,12H2,1-3H3,(H,21,22). The van der Waals surface area contributed by atoms with E-state index >= 15 is 0 Å². The van der Waals surface area contributed by atoms with E-state index in [1.54, 1.807) is 6.26 Å². The molecule has 1 aliphatic rings. The second-order valence-electron chi connectivity index (χ2n) is 6.32. The fourth-order valence-electron chi connectivity index (χ4n) is 2.93. The van der Waals surface area contributed by atoms with Crippen molar-refractivity contribution in [3.63, 3.8) is 0 Å². The molecule has 1 fully saturated rings. The number of ether oxygens (including phenoxy) is 1. The van der Waals surface area contributed by atoms with Gasteiger partial charge in [0, 0.05) is 11.3 Å². The number of carbonyl (C=O) groups excluding carboxylic acids is 1. The number of nitrogens with one attached hydrogen (secondary N) is 1. The Labute approximate surface area is 147 Å². The molecule has 24 heavy (non-hydrogen) atoms. The summed E-state index contributed by atoms with van der Waals surface area (Å²) in [4.78, 5) is 11.8. The summed E-state index contributed by atoms with van der Waals surface area (Å²) in [5, 5.41) is 2.94. The minimum Gasteiger partial charge on any atom is -0.489 e. The lowest BCUT2D eigenvalue weighted by molar-refractivity contribution is 0.269. The lowest BCUT2D eigenvalue weighted by Gasteiger charge is -2.17. The van der Waals surface area contributed by atoms with E-state index in [0.29, 0.717) is 12.5 Å². The largest absolute Gasteiger partial charge is 0.489 e. The van der Waals surface area contributed by atoms with E-state index in [-0.39, 0.29) is 5.24 Å². The minimum absolute atomic E-state index is 0.0456. The first-order valence-electron chi connectivity index (χ1n) is 8.25. The number of rotatable bonds is 5. The van der Waals surface area contributed by atoms with Crippen LogP contribution in [0.2, 0.25) is 0 Å².